The van der Waals surface area contributed by atoms with Gasteiger partial charge in [-0.2, -0.15) is 15.4 Å². The smallest absolute Gasteiger partial charge is 0.0842 e. The molecule has 0 aliphatic carbocycles. The first-order valence-corrected chi connectivity index (χ1v) is 4.59. The van der Waals surface area contributed by atoms with Crippen molar-refractivity contribution in [2.75, 3.05) is 11.9 Å². The van der Waals surface area contributed by atoms with Crippen molar-refractivity contribution in [1.82, 2.24) is 15.4 Å². The number of benzene rings is 1. The largest absolute Gasteiger partial charge is 0.385 e. The van der Waals surface area contributed by atoms with Crippen LogP contribution in [-0.2, 0) is 6.42 Å². The zero-order valence-corrected chi connectivity index (χ0v) is 7.77. The fourth-order valence-electron chi connectivity index (χ4n) is 1.24. The van der Waals surface area contributed by atoms with Gasteiger partial charge in [0.05, 0.1) is 11.9 Å². The van der Waals surface area contributed by atoms with Crippen LogP contribution >= 0.6 is 0 Å². The average Bonchev–Trinajstić information content (AvgIpc) is 2.72. The van der Waals surface area contributed by atoms with Gasteiger partial charge in [-0.3, -0.25) is 0 Å². The number of rotatable bonds is 4. The summed E-state index contributed by atoms with van der Waals surface area (Å²) in [6.45, 7) is 0.872. The molecule has 0 atom stereocenters. The highest BCUT2D eigenvalue weighted by molar-refractivity contribution is 5.42. The summed E-state index contributed by atoms with van der Waals surface area (Å²) in [5.41, 5.74) is 2.12. The second-order valence-electron chi connectivity index (χ2n) is 3.00. The summed E-state index contributed by atoms with van der Waals surface area (Å²) >= 11 is 0. The van der Waals surface area contributed by atoms with Gasteiger partial charge in [0.2, 0.25) is 0 Å². The van der Waals surface area contributed by atoms with Crippen LogP contribution in [0.4, 0.5) is 5.69 Å². The highest BCUT2D eigenvalue weighted by Crippen LogP contribution is 2.04. The third-order valence-corrected chi connectivity index (χ3v) is 1.95. The fraction of sp³-hybridized carbons (Fsp3) is 0.200. The topological polar surface area (TPSA) is 53.6 Å². The van der Waals surface area contributed by atoms with Gasteiger partial charge in [-0.1, -0.05) is 18.2 Å². The van der Waals surface area contributed by atoms with E-state index in [2.05, 4.69) is 20.7 Å². The number of hydrogen-bond donors (Lipinski definition) is 2. The summed E-state index contributed by atoms with van der Waals surface area (Å²) in [4.78, 5) is 0. The second kappa shape index (κ2) is 4.41. The number of aromatic amines is 1. The van der Waals surface area contributed by atoms with E-state index < -0.39 is 0 Å². The minimum atomic E-state index is 0.872. The Kier molecular flexibility index (Phi) is 2.76. The normalized spacial score (nSPS) is 10.0. The molecule has 0 bridgehead atoms. The molecule has 0 radical (unpaired) electrons. The van der Waals surface area contributed by atoms with Gasteiger partial charge in [-0.05, 0) is 12.1 Å². The molecule has 2 rings (SSSR count). The molecule has 4 heteroatoms. The maximum absolute atomic E-state index is 3.97. The number of H-pyrrole nitrogens is 1. The van der Waals surface area contributed by atoms with Gasteiger partial charge in [-0.15, -0.1) is 0 Å². The van der Waals surface area contributed by atoms with Gasteiger partial charge < -0.3 is 5.32 Å². The van der Waals surface area contributed by atoms with E-state index in [1.807, 2.05) is 30.3 Å². The maximum Gasteiger partial charge on any atom is 0.0842 e. The number of aromatic nitrogens is 3. The lowest BCUT2D eigenvalue weighted by atomic mass is 10.3. The van der Waals surface area contributed by atoms with E-state index in [-0.39, 0.29) is 0 Å². The van der Waals surface area contributed by atoms with Crippen LogP contribution in [0.15, 0.2) is 36.5 Å². The Bertz CT molecular complexity index is 355. The van der Waals surface area contributed by atoms with Gasteiger partial charge in [0.25, 0.3) is 0 Å². The minimum absolute atomic E-state index is 0.872. The van der Waals surface area contributed by atoms with E-state index >= 15 is 0 Å². The zero-order chi connectivity index (χ0) is 9.64. The first kappa shape index (κ1) is 8.74. The third kappa shape index (κ3) is 2.32. The van der Waals surface area contributed by atoms with Crippen molar-refractivity contribution in [3.05, 3.63) is 42.2 Å². The van der Waals surface area contributed by atoms with Gasteiger partial charge in [0, 0.05) is 18.7 Å². The quantitative estimate of drug-likeness (QED) is 0.763. The van der Waals surface area contributed by atoms with E-state index in [0.29, 0.717) is 0 Å². The standard InChI is InChI=1S/C10H12N4/c1-2-4-9(5-3-1)11-7-6-10-8-12-14-13-10/h1-5,8,11H,6-7H2,(H,12,13,14). The Hall–Kier alpha value is -1.84. The van der Waals surface area contributed by atoms with Crippen LogP contribution in [0, 0.1) is 0 Å². The Morgan fingerprint density at radius 2 is 2.07 bits per heavy atom. The van der Waals surface area contributed by atoms with Crippen molar-refractivity contribution in [2.24, 2.45) is 0 Å². The summed E-state index contributed by atoms with van der Waals surface area (Å²) in [5.74, 6) is 0. The van der Waals surface area contributed by atoms with Crippen LogP contribution in [0.3, 0.4) is 0 Å². The van der Waals surface area contributed by atoms with Gasteiger partial charge in [0.15, 0.2) is 0 Å². The molecule has 0 saturated heterocycles. The molecule has 0 aliphatic rings. The molecule has 14 heavy (non-hydrogen) atoms. The van der Waals surface area contributed by atoms with Crippen LogP contribution in [0.1, 0.15) is 5.69 Å². The molecule has 72 valence electrons. The summed E-state index contributed by atoms with van der Waals surface area (Å²) in [6, 6.07) is 10.1. The van der Waals surface area contributed by atoms with Crippen molar-refractivity contribution in [2.45, 2.75) is 6.42 Å². The predicted molar refractivity (Wildman–Crippen MR) is 55.0 cm³/mol. The molecule has 2 N–H and O–H groups in total. The van der Waals surface area contributed by atoms with E-state index in [1.54, 1.807) is 6.20 Å². The highest BCUT2D eigenvalue weighted by Gasteiger charge is 1.94. The number of anilines is 1. The Morgan fingerprint density at radius 1 is 1.21 bits per heavy atom. The average molecular weight is 188 g/mol. The molecule has 0 fully saturated rings. The molecule has 0 saturated carbocycles. The summed E-state index contributed by atoms with van der Waals surface area (Å²) in [7, 11) is 0. The molecule has 1 aromatic heterocycles. The molecule has 4 nitrogen and oxygen atoms in total. The summed E-state index contributed by atoms with van der Waals surface area (Å²) in [6.07, 6.45) is 2.62. The monoisotopic (exact) mass is 188 g/mol. The zero-order valence-electron chi connectivity index (χ0n) is 7.77. The van der Waals surface area contributed by atoms with E-state index in [0.717, 1.165) is 24.3 Å². The highest BCUT2D eigenvalue weighted by atomic mass is 15.3. The molecule has 2 aromatic rings. The third-order valence-electron chi connectivity index (χ3n) is 1.95. The minimum Gasteiger partial charge on any atom is -0.385 e. The molecule has 0 spiro atoms. The van der Waals surface area contributed by atoms with Crippen molar-refractivity contribution in [1.29, 1.82) is 0 Å². The first-order valence-electron chi connectivity index (χ1n) is 4.59. The van der Waals surface area contributed by atoms with Gasteiger partial charge in [0.1, 0.15) is 0 Å². The van der Waals surface area contributed by atoms with Crippen molar-refractivity contribution < 1.29 is 0 Å². The molecule has 0 aliphatic heterocycles. The van der Waals surface area contributed by atoms with Crippen LogP contribution in [0.5, 0.6) is 0 Å². The molecule has 1 aromatic carbocycles. The number of hydrogen-bond acceptors (Lipinski definition) is 3. The lowest BCUT2D eigenvalue weighted by Crippen LogP contribution is -2.04. The number of nitrogens with one attached hydrogen (secondary N) is 2. The SMILES string of the molecule is c1ccc(NCCc2cn[nH]n2)cc1. The first-order chi connectivity index (χ1) is 6.95. The Morgan fingerprint density at radius 3 is 2.79 bits per heavy atom. The van der Waals surface area contributed by atoms with Crippen molar-refractivity contribution in [3.8, 4) is 0 Å². The molecule has 0 amide bonds. The molecular weight excluding hydrogens is 176 g/mol. The second-order valence-corrected chi connectivity index (χ2v) is 3.00. The van der Waals surface area contributed by atoms with Gasteiger partial charge in [-0.25, -0.2) is 0 Å². The molecular formula is C10H12N4. The molecule has 0 unspecified atom stereocenters. The van der Waals surface area contributed by atoms with E-state index in [1.165, 1.54) is 0 Å². The number of nitrogens with zero attached hydrogens (tertiary/aromatic N) is 2. The van der Waals surface area contributed by atoms with Crippen molar-refractivity contribution in [3.63, 3.8) is 0 Å². The lowest BCUT2D eigenvalue weighted by molar-refractivity contribution is 0.892. The van der Waals surface area contributed by atoms with Gasteiger partial charge >= 0.3 is 0 Å². The Labute approximate surface area is 82.4 Å². The lowest BCUT2D eigenvalue weighted by Gasteiger charge is -2.03. The van der Waals surface area contributed by atoms with Crippen LogP contribution in [0.25, 0.3) is 0 Å². The van der Waals surface area contributed by atoms with Crippen LogP contribution in [-0.4, -0.2) is 22.0 Å². The maximum atomic E-state index is 3.97. The Balaban J connectivity index is 1.79. The van der Waals surface area contributed by atoms with Crippen LogP contribution < -0.4 is 5.32 Å². The van der Waals surface area contributed by atoms with Crippen LogP contribution in [0.2, 0.25) is 0 Å². The molecule has 1 heterocycles. The van der Waals surface area contributed by atoms with Crippen molar-refractivity contribution >= 4 is 5.69 Å². The summed E-state index contributed by atoms with van der Waals surface area (Å²) < 4.78 is 0. The number of para-hydroxylation sites is 1. The van der Waals surface area contributed by atoms with E-state index in [9.17, 15) is 0 Å². The summed E-state index contributed by atoms with van der Waals surface area (Å²) in [5, 5.41) is 13.6. The fourth-order valence-corrected chi connectivity index (χ4v) is 1.24. The van der Waals surface area contributed by atoms with E-state index in [4.69, 9.17) is 0 Å². The predicted octanol–water partition coefficient (Wildman–Crippen LogP) is 1.46.